The number of hydrogen-bond acceptors (Lipinski definition) is 0. The van der Waals surface area contributed by atoms with E-state index in [2.05, 4.69) is 42.1 Å². The second kappa shape index (κ2) is 7.83. The van der Waals surface area contributed by atoms with Gasteiger partial charge in [-0.25, -0.2) is 0 Å². The largest absolute Gasteiger partial charge is 0.127 e. The normalized spacial score (nSPS) is 11.8. The van der Waals surface area contributed by atoms with E-state index in [4.69, 9.17) is 11.6 Å². The molecule has 0 aliphatic heterocycles. The van der Waals surface area contributed by atoms with Crippen LogP contribution in [0.3, 0.4) is 0 Å². The van der Waals surface area contributed by atoms with Crippen molar-refractivity contribution in [1.82, 2.24) is 0 Å². The van der Waals surface area contributed by atoms with Crippen LogP contribution in [0.1, 0.15) is 18.4 Å². The van der Waals surface area contributed by atoms with Gasteiger partial charge in [-0.15, -0.1) is 17.3 Å². The number of alkyl halides is 1. The minimum Gasteiger partial charge on any atom is -0.127 e. The van der Waals surface area contributed by atoms with Crippen LogP contribution < -0.4 is 0 Å². The first-order valence-corrected chi connectivity index (χ1v) is 7.56. The number of hydrogen-bond donors (Lipinski definition) is 0. The van der Waals surface area contributed by atoms with Crippen LogP contribution in [0.25, 0.3) is 6.08 Å². The highest BCUT2D eigenvalue weighted by molar-refractivity contribution is 6.43. The molecule has 0 spiro atoms. The Bertz CT molecular complexity index is 256. The molecule has 0 atom stereocenters. The fourth-order valence-electron chi connectivity index (χ4n) is 1.32. The summed E-state index contributed by atoms with van der Waals surface area (Å²) in [6, 6.07) is 11.9. The topological polar surface area (TPSA) is 0 Å². The second-order valence-corrected chi connectivity index (χ2v) is 5.49. The maximum atomic E-state index is 5.61. The molecular weight excluding hydrogens is 208 g/mol. The van der Waals surface area contributed by atoms with Crippen molar-refractivity contribution in [2.24, 2.45) is 0 Å². The first-order valence-electron chi connectivity index (χ1n) is 5.21. The average molecular weight is 225 g/mol. The maximum Gasteiger partial charge on any atom is 0.0454 e. The second-order valence-electron chi connectivity index (χ2n) is 3.35. The van der Waals surface area contributed by atoms with E-state index in [0.29, 0.717) is 0 Å². The van der Waals surface area contributed by atoms with E-state index in [0.717, 1.165) is 5.88 Å². The predicted octanol–water partition coefficient (Wildman–Crippen LogP) is 3.26. The molecular formula is C12H17ClSi. The van der Waals surface area contributed by atoms with E-state index < -0.39 is 0 Å². The molecule has 0 nitrogen and oxygen atoms in total. The molecule has 0 fully saturated rings. The van der Waals surface area contributed by atoms with Gasteiger partial charge in [0.25, 0.3) is 0 Å². The van der Waals surface area contributed by atoms with Crippen LogP contribution in [0.5, 0.6) is 0 Å². The van der Waals surface area contributed by atoms with Crippen LogP contribution in [0.15, 0.2) is 36.0 Å². The van der Waals surface area contributed by atoms with Gasteiger partial charge in [0.1, 0.15) is 0 Å². The molecule has 1 rings (SSSR count). The smallest absolute Gasteiger partial charge is 0.0454 e. The molecule has 0 N–H and O–H groups in total. The maximum absolute atomic E-state index is 5.61. The summed E-state index contributed by atoms with van der Waals surface area (Å²) in [5, 5.41) is 0. The Balaban J connectivity index is 2.15. The molecule has 0 saturated carbocycles. The van der Waals surface area contributed by atoms with E-state index >= 15 is 0 Å². The summed E-state index contributed by atoms with van der Waals surface area (Å²) in [5.74, 6) is 0.816. The fourth-order valence-corrected chi connectivity index (χ4v) is 2.82. The van der Waals surface area contributed by atoms with Crippen molar-refractivity contribution in [2.45, 2.75) is 18.9 Å². The van der Waals surface area contributed by atoms with Crippen LogP contribution in [0, 0.1) is 0 Å². The molecule has 0 unspecified atom stereocenters. The zero-order valence-electron chi connectivity index (χ0n) is 8.45. The summed E-state index contributed by atoms with van der Waals surface area (Å²) in [6.07, 6.45) is 4.72. The number of halogens is 1. The van der Waals surface area contributed by atoms with Crippen LogP contribution >= 0.6 is 11.6 Å². The molecule has 1 aromatic rings. The zero-order chi connectivity index (χ0) is 10.1. The molecule has 0 bridgehead atoms. The highest BCUT2D eigenvalue weighted by Gasteiger charge is 1.86. The quantitative estimate of drug-likeness (QED) is 0.395. The lowest BCUT2D eigenvalue weighted by atomic mass is 10.2. The summed E-state index contributed by atoms with van der Waals surface area (Å²) >= 11 is 5.61. The minimum absolute atomic E-state index is 0.00798. The van der Waals surface area contributed by atoms with Crippen LogP contribution in [0.4, 0.5) is 0 Å². The van der Waals surface area contributed by atoms with E-state index in [9.17, 15) is 0 Å². The van der Waals surface area contributed by atoms with Gasteiger partial charge < -0.3 is 0 Å². The van der Waals surface area contributed by atoms with Gasteiger partial charge in [0.15, 0.2) is 0 Å². The monoisotopic (exact) mass is 224 g/mol. The first kappa shape index (κ1) is 11.5. The summed E-state index contributed by atoms with van der Waals surface area (Å²) in [6.45, 7) is 0. The van der Waals surface area contributed by atoms with Gasteiger partial charge in [-0.2, -0.15) is 0 Å². The molecule has 0 saturated heterocycles. The lowest BCUT2D eigenvalue weighted by molar-refractivity contribution is 0.887. The molecule has 0 amide bonds. The Labute approximate surface area is 93.8 Å². The molecule has 0 aromatic heterocycles. The van der Waals surface area contributed by atoms with Crippen molar-refractivity contribution in [2.75, 3.05) is 5.88 Å². The highest BCUT2D eigenvalue weighted by Crippen LogP contribution is 2.02. The van der Waals surface area contributed by atoms with E-state index in [1.165, 1.54) is 24.4 Å². The molecule has 0 radical (unpaired) electrons. The third-order valence-corrected chi connectivity index (χ3v) is 3.86. The van der Waals surface area contributed by atoms with Crippen molar-refractivity contribution in [3.63, 3.8) is 0 Å². The molecule has 2 heteroatoms. The van der Waals surface area contributed by atoms with Crippen LogP contribution in [-0.2, 0) is 0 Å². The van der Waals surface area contributed by atoms with Crippen molar-refractivity contribution < 1.29 is 0 Å². The first-order chi connectivity index (χ1) is 6.93. The molecule has 1 aromatic carbocycles. The minimum atomic E-state index is 0.00798. The van der Waals surface area contributed by atoms with E-state index in [-0.39, 0.29) is 9.52 Å². The Morgan fingerprint density at radius 3 is 2.64 bits per heavy atom. The highest BCUT2D eigenvalue weighted by atomic mass is 35.5. The zero-order valence-corrected chi connectivity index (χ0v) is 10.6. The third-order valence-electron chi connectivity index (χ3n) is 2.11. The Kier molecular flexibility index (Phi) is 6.46. The fraction of sp³-hybridized carbons (Fsp3) is 0.333. The van der Waals surface area contributed by atoms with Crippen molar-refractivity contribution >= 4 is 27.2 Å². The van der Waals surface area contributed by atoms with Gasteiger partial charge in [-0.1, -0.05) is 48.9 Å². The standard InChI is InChI=1S/C12H17ClSi/c13-9-4-5-10-14-11-8-12-6-2-1-3-7-12/h1-3,6-8,11H,4-5,9-10,14H2. The summed E-state index contributed by atoms with van der Waals surface area (Å²) < 4.78 is 0. The average Bonchev–Trinajstić information content (AvgIpc) is 2.25. The van der Waals surface area contributed by atoms with Crippen LogP contribution in [-0.4, -0.2) is 15.4 Å². The van der Waals surface area contributed by atoms with Crippen molar-refractivity contribution in [1.29, 1.82) is 0 Å². The molecule has 76 valence electrons. The SMILES string of the molecule is ClCCCC[SiH2]C=Cc1ccccc1. The lowest BCUT2D eigenvalue weighted by Gasteiger charge is -1.93. The summed E-state index contributed by atoms with van der Waals surface area (Å²) in [5.41, 5.74) is 3.70. The van der Waals surface area contributed by atoms with Gasteiger partial charge in [-0.05, 0) is 12.0 Å². The molecule has 14 heavy (non-hydrogen) atoms. The number of rotatable bonds is 6. The van der Waals surface area contributed by atoms with E-state index in [1.807, 2.05) is 0 Å². The lowest BCUT2D eigenvalue weighted by Crippen LogP contribution is -1.85. The summed E-state index contributed by atoms with van der Waals surface area (Å²) in [4.78, 5) is 0. The van der Waals surface area contributed by atoms with Gasteiger partial charge in [-0.3, -0.25) is 0 Å². The Morgan fingerprint density at radius 1 is 1.14 bits per heavy atom. The van der Waals surface area contributed by atoms with Crippen molar-refractivity contribution in [3.05, 3.63) is 41.6 Å². The predicted molar refractivity (Wildman–Crippen MR) is 68.8 cm³/mol. The molecule has 0 aliphatic carbocycles. The Hall–Kier alpha value is -0.533. The molecule has 0 aliphatic rings. The molecule has 0 heterocycles. The van der Waals surface area contributed by atoms with Crippen LogP contribution in [0.2, 0.25) is 6.04 Å². The van der Waals surface area contributed by atoms with Gasteiger partial charge in [0.2, 0.25) is 0 Å². The van der Waals surface area contributed by atoms with Gasteiger partial charge in [0, 0.05) is 15.4 Å². The van der Waals surface area contributed by atoms with Crippen molar-refractivity contribution in [3.8, 4) is 0 Å². The third kappa shape index (κ3) is 5.25. The Morgan fingerprint density at radius 2 is 1.93 bits per heavy atom. The summed E-state index contributed by atoms with van der Waals surface area (Å²) in [7, 11) is 0.00798. The number of unbranched alkanes of at least 4 members (excludes halogenated alkanes) is 1. The van der Waals surface area contributed by atoms with Gasteiger partial charge >= 0.3 is 0 Å². The van der Waals surface area contributed by atoms with E-state index in [1.54, 1.807) is 0 Å². The van der Waals surface area contributed by atoms with Gasteiger partial charge in [0.05, 0.1) is 0 Å². The number of benzene rings is 1.